The zero-order valence-corrected chi connectivity index (χ0v) is 29.6. The van der Waals surface area contributed by atoms with Crippen LogP contribution in [0.25, 0.3) is 28.0 Å². The van der Waals surface area contributed by atoms with E-state index >= 15 is 0 Å². The van der Waals surface area contributed by atoms with Gasteiger partial charge in [0.15, 0.2) is 11.8 Å². The van der Waals surface area contributed by atoms with Crippen LogP contribution in [0, 0.1) is 12.3 Å². The number of nitrogens with zero attached hydrogens (tertiary/aromatic N) is 4. The number of nitrogens with two attached hydrogens (primary N) is 1. The first-order chi connectivity index (χ1) is 23.2. The average Bonchev–Trinajstić information content (AvgIpc) is 3.46. The van der Waals surface area contributed by atoms with Crippen LogP contribution < -0.4 is 15.4 Å². The van der Waals surface area contributed by atoms with Crippen LogP contribution in [0.3, 0.4) is 0 Å². The van der Waals surface area contributed by atoms with Gasteiger partial charge >= 0.3 is 5.97 Å². The first-order valence-electron chi connectivity index (χ1n) is 17.5. The highest BCUT2D eigenvalue weighted by molar-refractivity contribution is 5.95. The number of carboxylic acids is 1. The quantitative estimate of drug-likeness (QED) is 0.226. The summed E-state index contributed by atoms with van der Waals surface area (Å²) in [6.07, 6.45) is 6.16. The lowest BCUT2D eigenvalue weighted by atomic mass is 9.76. The Morgan fingerprint density at radius 2 is 1.78 bits per heavy atom. The molecule has 4 aromatic rings. The number of anilines is 1. The van der Waals surface area contributed by atoms with E-state index in [1.54, 1.807) is 16.6 Å². The SMILES string of the molecule is Cc1nc2cc3nn2c(c1[C@H](OC(C)(C)C)C(=O)O)N1CCC(C)(CCCCC[C@H](C)Oc2ccc(C(N)=O)cc2-c2cccc-3c2)CC1. The van der Waals surface area contributed by atoms with Gasteiger partial charge < -0.3 is 25.2 Å². The Labute approximate surface area is 288 Å². The second-order valence-electron chi connectivity index (χ2n) is 15.2. The summed E-state index contributed by atoms with van der Waals surface area (Å²) in [5.41, 5.74) is 10.5. The lowest BCUT2D eigenvalue weighted by molar-refractivity contribution is -0.160. The van der Waals surface area contributed by atoms with Gasteiger partial charge in [0.2, 0.25) is 5.91 Å². The summed E-state index contributed by atoms with van der Waals surface area (Å²) in [7, 11) is 0. The van der Waals surface area contributed by atoms with Crippen LogP contribution in [0.2, 0.25) is 0 Å². The topological polar surface area (TPSA) is 132 Å². The molecule has 0 saturated carbocycles. The predicted molar refractivity (Wildman–Crippen MR) is 191 cm³/mol. The van der Waals surface area contributed by atoms with Crippen LogP contribution in [0.5, 0.6) is 5.75 Å². The molecule has 2 aromatic carbocycles. The Balaban J connectivity index is 1.54. The van der Waals surface area contributed by atoms with E-state index < -0.39 is 23.6 Å². The Hall–Kier alpha value is -4.44. The van der Waals surface area contributed by atoms with Crippen molar-refractivity contribution in [1.29, 1.82) is 0 Å². The second-order valence-corrected chi connectivity index (χ2v) is 15.2. The second kappa shape index (κ2) is 13.5. The van der Waals surface area contributed by atoms with Crippen molar-refractivity contribution < 1.29 is 24.2 Å². The largest absolute Gasteiger partial charge is 0.490 e. The predicted octanol–water partition coefficient (Wildman–Crippen LogP) is 7.75. The molecule has 5 heterocycles. The molecule has 0 unspecified atom stereocenters. The molecule has 49 heavy (non-hydrogen) atoms. The zero-order chi connectivity index (χ0) is 35.1. The number of aromatic nitrogens is 3. The van der Waals surface area contributed by atoms with Crippen LogP contribution in [0.4, 0.5) is 5.82 Å². The molecule has 3 aliphatic rings. The molecule has 0 spiro atoms. The molecule has 2 aromatic heterocycles. The molecular formula is C39H49N5O5. The monoisotopic (exact) mass is 667 g/mol. The van der Waals surface area contributed by atoms with Crippen LogP contribution in [0.15, 0.2) is 48.5 Å². The minimum absolute atomic E-state index is 0.00282. The average molecular weight is 668 g/mol. The molecule has 260 valence electrons. The first kappa shape index (κ1) is 34.4. The standard InChI is InChI=1S/C39H49N5O5/c1-24-11-8-7-9-16-39(6)17-19-43(20-18-39)36-33(34(37(46)47)49-38(3,4)5)25(2)41-32-23-30(42-44(32)36)27-13-10-12-26(21-27)29-22-28(35(40)45)14-15-31(29)48-24/h10,12-15,21-24,34H,7-9,11,16-20H2,1-6H3,(H2,40,45)(H,46,47)/t24-,34-/m0/s1. The van der Waals surface area contributed by atoms with E-state index in [9.17, 15) is 14.7 Å². The number of primary amides is 1. The van der Waals surface area contributed by atoms with Crippen molar-refractivity contribution in [3.63, 3.8) is 0 Å². The molecule has 1 saturated heterocycles. The number of carboxylic acid groups (broad SMARTS) is 1. The Bertz CT molecular complexity index is 1870. The van der Waals surface area contributed by atoms with E-state index in [1.165, 1.54) is 0 Å². The minimum Gasteiger partial charge on any atom is -0.490 e. The van der Waals surface area contributed by atoms with E-state index in [0.29, 0.717) is 33.9 Å². The van der Waals surface area contributed by atoms with Gasteiger partial charge in [-0.2, -0.15) is 9.61 Å². The van der Waals surface area contributed by atoms with Crippen LogP contribution in [-0.2, 0) is 9.53 Å². The zero-order valence-electron chi connectivity index (χ0n) is 29.6. The molecule has 2 atom stereocenters. The van der Waals surface area contributed by atoms with Crippen molar-refractivity contribution in [2.75, 3.05) is 18.0 Å². The highest BCUT2D eigenvalue weighted by Gasteiger charge is 2.37. The van der Waals surface area contributed by atoms with Gasteiger partial charge in [-0.3, -0.25) is 4.79 Å². The fraction of sp³-hybridized carbons (Fsp3) is 0.487. The molecule has 3 aliphatic heterocycles. The molecule has 1 amide bonds. The van der Waals surface area contributed by atoms with E-state index in [-0.39, 0.29) is 11.5 Å². The summed E-state index contributed by atoms with van der Waals surface area (Å²) in [5, 5.41) is 15.6. The third kappa shape index (κ3) is 7.44. The number of piperidine rings is 1. The molecule has 6 bridgehead atoms. The fourth-order valence-electron chi connectivity index (χ4n) is 7.26. The Kier molecular flexibility index (Phi) is 9.46. The van der Waals surface area contributed by atoms with Gasteiger partial charge in [0, 0.05) is 41.5 Å². The van der Waals surface area contributed by atoms with Gasteiger partial charge in [-0.15, -0.1) is 0 Å². The summed E-state index contributed by atoms with van der Waals surface area (Å²) < 4.78 is 14.5. The molecule has 3 N–H and O–H groups in total. The molecule has 7 rings (SSSR count). The number of hydrogen-bond donors (Lipinski definition) is 2. The van der Waals surface area contributed by atoms with Gasteiger partial charge in [-0.25, -0.2) is 9.78 Å². The van der Waals surface area contributed by atoms with Gasteiger partial charge in [-0.05, 0) is 102 Å². The molecule has 10 heteroatoms. The first-order valence-corrected chi connectivity index (χ1v) is 17.5. The highest BCUT2D eigenvalue weighted by atomic mass is 16.5. The van der Waals surface area contributed by atoms with Gasteiger partial charge in [0.25, 0.3) is 0 Å². The van der Waals surface area contributed by atoms with Crippen molar-refractivity contribution in [3.8, 4) is 28.1 Å². The Morgan fingerprint density at radius 1 is 1.04 bits per heavy atom. The summed E-state index contributed by atoms with van der Waals surface area (Å²) in [4.78, 5) is 32.3. The smallest absolute Gasteiger partial charge is 0.337 e. The third-order valence-electron chi connectivity index (χ3n) is 9.98. The number of rotatable bonds is 4. The third-order valence-corrected chi connectivity index (χ3v) is 9.98. The summed E-state index contributed by atoms with van der Waals surface area (Å²) in [6.45, 7) is 13.5. The van der Waals surface area contributed by atoms with Crippen LogP contribution in [-0.4, -0.2) is 56.4 Å². The van der Waals surface area contributed by atoms with E-state index in [0.717, 1.165) is 80.5 Å². The highest BCUT2D eigenvalue weighted by Crippen LogP contribution is 2.42. The number of aliphatic carboxylic acids is 1. The molecule has 0 radical (unpaired) electrons. The maximum Gasteiger partial charge on any atom is 0.337 e. The van der Waals surface area contributed by atoms with Crippen LogP contribution in [0.1, 0.15) is 107 Å². The number of hydrogen-bond acceptors (Lipinski definition) is 7. The number of amides is 1. The number of ether oxygens (including phenoxy) is 2. The maximum absolute atomic E-state index is 12.9. The lowest BCUT2D eigenvalue weighted by Crippen LogP contribution is -2.41. The van der Waals surface area contributed by atoms with Gasteiger partial charge in [-0.1, -0.05) is 38.0 Å². The lowest BCUT2D eigenvalue weighted by Gasteiger charge is -2.41. The van der Waals surface area contributed by atoms with E-state index in [2.05, 4.69) is 18.7 Å². The van der Waals surface area contributed by atoms with E-state index in [1.807, 2.05) is 64.1 Å². The maximum atomic E-state index is 12.9. The molecular weight excluding hydrogens is 618 g/mol. The van der Waals surface area contributed by atoms with Crippen molar-refractivity contribution in [2.45, 2.75) is 104 Å². The number of aryl methyl sites for hydroxylation is 1. The van der Waals surface area contributed by atoms with E-state index in [4.69, 9.17) is 25.3 Å². The Morgan fingerprint density at radius 3 is 2.47 bits per heavy atom. The van der Waals surface area contributed by atoms with Crippen molar-refractivity contribution in [3.05, 3.63) is 65.4 Å². The normalized spacial score (nSPS) is 20.9. The molecule has 0 aliphatic carbocycles. The summed E-state index contributed by atoms with van der Waals surface area (Å²) in [5.74, 6) is -0.151. The number of carbonyl (C=O) groups excluding carboxylic acids is 1. The summed E-state index contributed by atoms with van der Waals surface area (Å²) in [6, 6.07) is 15.2. The summed E-state index contributed by atoms with van der Waals surface area (Å²) >= 11 is 0. The van der Waals surface area contributed by atoms with Crippen molar-refractivity contribution in [2.24, 2.45) is 11.1 Å². The minimum atomic E-state index is -1.22. The molecule has 10 nitrogen and oxygen atoms in total. The number of fused-ring (bicyclic) bond motifs is 8. The fourth-order valence-corrected chi connectivity index (χ4v) is 7.26. The number of carbonyl (C=O) groups is 2. The molecule has 1 fully saturated rings. The van der Waals surface area contributed by atoms with Crippen molar-refractivity contribution in [1.82, 2.24) is 14.6 Å². The van der Waals surface area contributed by atoms with Gasteiger partial charge in [0.1, 0.15) is 11.6 Å². The van der Waals surface area contributed by atoms with Gasteiger partial charge in [0.05, 0.1) is 23.0 Å². The van der Waals surface area contributed by atoms with Crippen LogP contribution >= 0.6 is 0 Å². The van der Waals surface area contributed by atoms with Crippen molar-refractivity contribution >= 4 is 23.3 Å². The number of benzene rings is 2.